The molecule has 3 heterocycles. The average molecular weight is 378 g/mol. The Morgan fingerprint density at radius 2 is 2.07 bits per heavy atom. The molecule has 1 fully saturated rings. The van der Waals surface area contributed by atoms with Gasteiger partial charge in [-0.2, -0.15) is 0 Å². The number of pyridine rings is 2. The van der Waals surface area contributed by atoms with Crippen molar-refractivity contribution in [3.05, 3.63) is 59.3 Å². The molecule has 6 heteroatoms. The van der Waals surface area contributed by atoms with E-state index in [0.29, 0.717) is 24.5 Å². The van der Waals surface area contributed by atoms with Gasteiger partial charge in [-0.3, -0.25) is 4.79 Å². The van der Waals surface area contributed by atoms with E-state index in [1.54, 1.807) is 19.9 Å². The van der Waals surface area contributed by atoms with E-state index in [1.807, 2.05) is 35.9 Å². The van der Waals surface area contributed by atoms with Gasteiger partial charge in [0.1, 0.15) is 11.3 Å². The minimum Gasteiger partial charge on any atom is -0.390 e. The van der Waals surface area contributed by atoms with E-state index in [0.717, 1.165) is 41.1 Å². The van der Waals surface area contributed by atoms with Crippen LogP contribution in [0.25, 0.3) is 5.65 Å². The van der Waals surface area contributed by atoms with E-state index in [4.69, 9.17) is 4.98 Å². The highest BCUT2D eigenvalue weighted by Gasteiger charge is 2.28. The summed E-state index contributed by atoms with van der Waals surface area (Å²) in [7, 11) is 0. The fourth-order valence-electron chi connectivity index (χ4n) is 3.35. The molecule has 6 nitrogen and oxygen atoms in total. The molecule has 0 saturated heterocycles. The lowest BCUT2D eigenvalue weighted by molar-refractivity contribution is 0.0711. The number of amides is 1. The number of nitrogens with one attached hydrogen (secondary N) is 1. The van der Waals surface area contributed by atoms with Gasteiger partial charge in [0, 0.05) is 18.1 Å². The molecule has 4 rings (SSSR count). The summed E-state index contributed by atoms with van der Waals surface area (Å²) in [6.45, 7) is 5.49. The van der Waals surface area contributed by atoms with Crippen LogP contribution >= 0.6 is 0 Å². The highest BCUT2D eigenvalue weighted by Crippen LogP contribution is 2.44. The fraction of sp³-hybridized carbons (Fsp3) is 0.409. The third-order valence-electron chi connectivity index (χ3n) is 5.05. The summed E-state index contributed by atoms with van der Waals surface area (Å²) < 4.78 is 1.95. The molecule has 1 aliphatic rings. The first-order valence-corrected chi connectivity index (χ1v) is 9.77. The lowest BCUT2D eigenvalue weighted by atomic mass is 10.0. The number of carbonyl (C=O) groups excluding carboxylic acids is 1. The Labute approximate surface area is 164 Å². The fourth-order valence-corrected chi connectivity index (χ4v) is 3.35. The standard InChI is InChI=1S/C22H26N4O2/c1-14-5-4-6-18(23-14)21(27)25-19-13-26-12-16(9-10-22(2,3)28)24-20(26)11-17(19)15-7-8-15/h4-6,11-13,15,28H,7-10H2,1-3H3,(H,25,27). The number of aromatic nitrogens is 3. The zero-order valence-electron chi connectivity index (χ0n) is 16.6. The highest BCUT2D eigenvalue weighted by atomic mass is 16.3. The summed E-state index contributed by atoms with van der Waals surface area (Å²) >= 11 is 0. The molecule has 0 bridgehead atoms. The number of aliphatic hydroxyl groups is 1. The van der Waals surface area contributed by atoms with Crippen molar-refractivity contribution in [2.24, 2.45) is 0 Å². The van der Waals surface area contributed by atoms with Crippen molar-refractivity contribution in [2.75, 3.05) is 5.32 Å². The van der Waals surface area contributed by atoms with Gasteiger partial charge in [0.05, 0.1) is 17.0 Å². The lowest BCUT2D eigenvalue weighted by Gasteiger charge is -2.15. The molecule has 0 atom stereocenters. The molecule has 1 saturated carbocycles. The average Bonchev–Trinajstić information content (AvgIpc) is 3.39. The van der Waals surface area contributed by atoms with Crippen LogP contribution in [0.15, 0.2) is 36.7 Å². The zero-order valence-corrected chi connectivity index (χ0v) is 16.6. The third-order valence-corrected chi connectivity index (χ3v) is 5.05. The van der Waals surface area contributed by atoms with Crippen LogP contribution in [0.1, 0.15) is 66.5 Å². The molecule has 2 N–H and O–H groups in total. The van der Waals surface area contributed by atoms with Crippen molar-refractivity contribution in [1.82, 2.24) is 14.4 Å². The van der Waals surface area contributed by atoms with Crippen LogP contribution in [0.3, 0.4) is 0 Å². The zero-order chi connectivity index (χ0) is 19.9. The predicted molar refractivity (Wildman–Crippen MR) is 109 cm³/mol. The molecule has 0 aliphatic heterocycles. The number of hydrogen-bond donors (Lipinski definition) is 2. The molecule has 146 valence electrons. The summed E-state index contributed by atoms with van der Waals surface area (Å²) in [6.07, 6.45) is 7.53. The van der Waals surface area contributed by atoms with Gasteiger partial charge in [0.2, 0.25) is 0 Å². The number of hydrogen-bond acceptors (Lipinski definition) is 4. The number of nitrogens with zero attached hydrogens (tertiary/aromatic N) is 3. The van der Waals surface area contributed by atoms with E-state index in [9.17, 15) is 9.90 Å². The van der Waals surface area contributed by atoms with Gasteiger partial charge >= 0.3 is 0 Å². The van der Waals surface area contributed by atoms with E-state index in [1.165, 1.54) is 0 Å². The summed E-state index contributed by atoms with van der Waals surface area (Å²) in [5.74, 6) is 0.273. The second kappa shape index (κ2) is 7.02. The second-order valence-corrected chi connectivity index (χ2v) is 8.35. The van der Waals surface area contributed by atoms with Crippen LogP contribution in [0.5, 0.6) is 0 Å². The molecule has 0 aromatic carbocycles. The van der Waals surface area contributed by atoms with Crippen LogP contribution in [-0.2, 0) is 6.42 Å². The second-order valence-electron chi connectivity index (χ2n) is 8.35. The summed E-state index contributed by atoms with van der Waals surface area (Å²) in [5.41, 5.74) is 4.28. The molecule has 1 amide bonds. The van der Waals surface area contributed by atoms with Crippen molar-refractivity contribution < 1.29 is 9.90 Å². The highest BCUT2D eigenvalue weighted by molar-refractivity contribution is 6.03. The lowest BCUT2D eigenvalue weighted by Crippen LogP contribution is -2.19. The van der Waals surface area contributed by atoms with Crippen molar-refractivity contribution in [2.45, 2.75) is 58.0 Å². The first kappa shape index (κ1) is 18.6. The van der Waals surface area contributed by atoms with E-state index in [-0.39, 0.29) is 5.91 Å². The Balaban J connectivity index is 1.63. The maximum Gasteiger partial charge on any atom is 0.274 e. The van der Waals surface area contributed by atoms with E-state index >= 15 is 0 Å². The Kier molecular flexibility index (Phi) is 4.67. The molecule has 1 aliphatic carbocycles. The number of anilines is 1. The number of carbonyl (C=O) groups is 1. The molecular weight excluding hydrogens is 352 g/mol. The largest absolute Gasteiger partial charge is 0.390 e. The van der Waals surface area contributed by atoms with Crippen LogP contribution < -0.4 is 5.32 Å². The molecule has 0 spiro atoms. The van der Waals surface area contributed by atoms with Gasteiger partial charge in [0.25, 0.3) is 5.91 Å². The van der Waals surface area contributed by atoms with Crippen molar-refractivity contribution in [3.63, 3.8) is 0 Å². The normalized spacial score (nSPS) is 14.4. The van der Waals surface area contributed by atoms with Crippen molar-refractivity contribution in [1.29, 1.82) is 0 Å². The molecule has 28 heavy (non-hydrogen) atoms. The molecule has 3 aromatic rings. The van der Waals surface area contributed by atoms with Crippen LogP contribution in [-0.4, -0.2) is 31.0 Å². The van der Waals surface area contributed by atoms with Gasteiger partial charge in [-0.1, -0.05) is 6.07 Å². The first-order chi connectivity index (χ1) is 13.3. The van der Waals surface area contributed by atoms with Crippen LogP contribution in [0.4, 0.5) is 5.69 Å². The Morgan fingerprint density at radius 3 is 2.75 bits per heavy atom. The maximum absolute atomic E-state index is 12.7. The van der Waals surface area contributed by atoms with Gasteiger partial charge in [-0.15, -0.1) is 0 Å². The third kappa shape index (κ3) is 4.22. The van der Waals surface area contributed by atoms with Crippen molar-refractivity contribution >= 4 is 17.2 Å². The summed E-state index contributed by atoms with van der Waals surface area (Å²) in [5, 5.41) is 13.0. The number of rotatable bonds is 6. The Morgan fingerprint density at radius 1 is 1.29 bits per heavy atom. The minimum absolute atomic E-state index is 0.202. The van der Waals surface area contributed by atoms with E-state index < -0.39 is 5.60 Å². The first-order valence-electron chi connectivity index (χ1n) is 9.77. The maximum atomic E-state index is 12.7. The van der Waals surface area contributed by atoms with Gasteiger partial charge in [-0.05, 0) is 76.1 Å². The smallest absolute Gasteiger partial charge is 0.274 e. The number of imidazole rings is 1. The van der Waals surface area contributed by atoms with E-state index in [2.05, 4.69) is 16.4 Å². The predicted octanol–water partition coefficient (Wildman–Crippen LogP) is 3.87. The Bertz CT molecular complexity index is 1030. The molecule has 0 radical (unpaired) electrons. The summed E-state index contributed by atoms with van der Waals surface area (Å²) in [6, 6.07) is 7.51. The van der Waals surface area contributed by atoms with Crippen LogP contribution in [0, 0.1) is 6.92 Å². The van der Waals surface area contributed by atoms with Gasteiger partial charge in [0.15, 0.2) is 0 Å². The minimum atomic E-state index is -0.713. The molecule has 3 aromatic heterocycles. The number of fused-ring (bicyclic) bond motifs is 1. The summed E-state index contributed by atoms with van der Waals surface area (Å²) in [4.78, 5) is 21.7. The monoisotopic (exact) mass is 378 g/mol. The Hall–Kier alpha value is -2.73. The number of aryl methyl sites for hydroxylation is 2. The topological polar surface area (TPSA) is 79.5 Å². The molecular formula is C22H26N4O2. The van der Waals surface area contributed by atoms with Crippen molar-refractivity contribution in [3.8, 4) is 0 Å². The quantitative estimate of drug-likeness (QED) is 0.682. The SMILES string of the molecule is Cc1cccc(C(=O)Nc2cn3cc(CCC(C)(C)O)nc3cc2C2CC2)n1. The van der Waals surface area contributed by atoms with Gasteiger partial charge < -0.3 is 14.8 Å². The van der Waals surface area contributed by atoms with Gasteiger partial charge in [-0.25, -0.2) is 9.97 Å². The molecule has 0 unspecified atom stereocenters. The van der Waals surface area contributed by atoms with Crippen LogP contribution in [0.2, 0.25) is 0 Å².